The average Bonchev–Trinajstić information content (AvgIpc) is 2.86. The Morgan fingerprint density at radius 3 is 2.50 bits per heavy atom. The van der Waals surface area contributed by atoms with Gasteiger partial charge < -0.3 is 10.2 Å². The fourth-order valence-electron chi connectivity index (χ4n) is 3.49. The summed E-state index contributed by atoms with van der Waals surface area (Å²) in [4.78, 5) is 27.2. The molecule has 6 heteroatoms. The van der Waals surface area contributed by atoms with Gasteiger partial charge in [0.1, 0.15) is 0 Å². The van der Waals surface area contributed by atoms with Crippen LogP contribution in [0.4, 0.5) is 0 Å². The number of piperazine rings is 1. The minimum absolute atomic E-state index is 0.0146. The zero-order chi connectivity index (χ0) is 17.1. The Labute approximate surface area is 142 Å². The number of aromatic nitrogens is 2. The van der Waals surface area contributed by atoms with Crippen LogP contribution in [0.5, 0.6) is 0 Å². The highest BCUT2D eigenvalue weighted by Crippen LogP contribution is 2.14. The molecule has 2 aromatic rings. The molecule has 1 amide bonds. The largest absolute Gasteiger partial charge is 0.337 e. The molecule has 0 unspecified atom stereocenters. The summed E-state index contributed by atoms with van der Waals surface area (Å²) in [5.41, 5.74) is 1.85. The van der Waals surface area contributed by atoms with Crippen LogP contribution in [-0.2, 0) is 17.9 Å². The number of benzene rings is 1. The Kier molecular flexibility index (Phi) is 5.04. The number of rotatable bonds is 5. The normalized spacial score (nSPS) is 18.2. The SMILES string of the molecule is CCCn1c(=O)n(CCC(=O)N2CCNC[C@@H]2C)c2ccccc21. The van der Waals surface area contributed by atoms with Crippen LogP contribution in [0.15, 0.2) is 29.1 Å². The molecule has 1 aliphatic heterocycles. The molecule has 130 valence electrons. The van der Waals surface area contributed by atoms with Crippen molar-refractivity contribution in [2.24, 2.45) is 0 Å². The highest BCUT2D eigenvalue weighted by Gasteiger charge is 2.23. The van der Waals surface area contributed by atoms with Crippen LogP contribution in [0.1, 0.15) is 26.7 Å². The van der Waals surface area contributed by atoms with Gasteiger partial charge in [-0.1, -0.05) is 19.1 Å². The smallest absolute Gasteiger partial charge is 0.329 e. The summed E-state index contributed by atoms with van der Waals surface area (Å²) < 4.78 is 3.56. The van der Waals surface area contributed by atoms with E-state index in [0.717, 1.165) is 37.1 Å². The predicted molar refractivity (Wildman–Crippen MR) is 95.2 cm³/mol. The lowest BCUT2D eigenvalue weighted by molar-refractivity contribution is -0.134. The molecule has 1 N–H and O–H groups in total. The average molecular weight is 330 g/mol. The van der Waals surface area contributed by atoms with Crippen molar-refractivity contribution in [2.75, 3.05) is 19.6 Å². The van der Waals surface area contributed by atoms with Gasteiger partial charge >= 0.3 is 5.69 Å². The molecular weight excluding hydrogens is 304 g/mol. The van der Waals surface area contributed by atoms with E-state index < -0.39 is 0 Å². The molecule has 0 saturated carbocycles. The molecule has 0 bridgehead atoms. The van der Waals surface area contributed by atoms with E-state index in [-0.39, 0.29) is 17.6 Å². The second-order valence-corrected chi connectivity index (χ2v) is 6.46. The number of carbonyl (C=O) groups excluding carboxylic acids is 1. The van der Waals surface area contributed by atoms with E-state index in [1.165, 1.54) is 0 Å². The molecule has 1 fully saturated rings. The first-order chi connectivity index (χ1) is 11.6. The van der Waals surface area contributed by atoms with Gasteiger partial charge in [-0.2, -0.15) is 0 Å². The number of imidazole rings is 1. The highest BCUT2D eigenvalue weighted by atomic mass is 16.2. The first kappa shape index (κ1) is 16.8. The third-order valence-electron chi connectivity index (χ3n) is 4.74. The van der Waals surface area contributed by atoms with Crippen molar-refractivity contribution in [1.82, 2.24) is 19.4 Å². The van der Waals surface area contributed by atoms with Crippen molar-refractivity contribution >= 4 is 16.9 Å². The Hall–Kier alpha value is -2.08. The standard InChI is InChI=1S/C18H26N4O2/c1-3-10-21-15-6-4-5-7-16(15)22(18(21)24)11-8-17(23)20-12-9-19-13-14(20)2/h4-7,14,19H,3,8-13H2,1-2H3/t14-/m0/s1. The summed E-state index contributed by atoms with van der Waals surface area (Å²) in [6.07, 6.45) is 1.27. The van der Waals surface area contributed by atoms with Crippen molar-refractivity contribution < 1.29 is 4.79 Å². The van der Waals surface area contributed by atoms with E-state index in [1.807, 2.05) is 33.7 Å². The van der Waals surface area contributed by atoms with Crippen LogP contribution in [0.25, 0.3) is 11.0 Å². The maximum atomic E-state index is 12.7. The first-order valence-corrected chi connectivity index (χ1v) is 8.81. The van der Waals surface area contributed by atoms with Gasteiger partial charge in [-0.25, -0.2) is 4.79 Å². The molecule has 1 aromatic carbocycles. The van der Waals surface area contributed by atoms with Crippen molar-refractivity contribution in [3.8, 4) is 0 Å². The van der Waals surface area contributed by atoms with Gasteiger partial charge in [0.15, 0.2) is 0 Å². The maximum Gasteiger partial charge on any atom is 0.329 e. The van der Waals surface area contributed by atoms with E-state index in [9.17, 15) is 9.59 Å². The molecule has 1 saturated heterocycles. The molecule has 6 nitrogen and oxygen atoms in total. The van der Waals surface area contributed by atoms with Crippen molar-refractivity contribution in [3.05, 3.63) is 34.7 Å². The van der Waals surface area contributed by atoms with Crippen molar-refractivity contribution in [2.45, 2.75) is 45.8 Å². The number of fused-ring (bicyclic) bond motifs is 1. The van der Waals surface area contributed by atoms with E-state index >= 15 is 0 Å². The third-order valence-corrected chi connectivity index (χ3v) is 4.74. The lowest BCUT2D eigenvalue weighted by Crippen LogP contribution is -2.52. The van der Waals surface area contributed by atoms with E-state index in [1.54, 1.807) is 4.57 Å². The summed E-state index contributed by atoms with van der Waals surface area (Å²) >= 11 is 0. The Morgan fingerprint density at radius 2 is 1.88 bits per heavy atom. The number of para-hydroxylation sites is 2. The molecule has 1 atom stereocenters. The van der Waals surface area contributed by atoms with Gasteiger partial charge in [0.05, 0.1) is 11.0 Å². The molecule has 1 aliphatic rings. The van der Waals surface area contributed by atoms with Gasteiger partial charge in [-0.05, 0) is 25.5 Å². The zero-order valence-electron chi connectivity index (χ0n) is 14.5. The lowest BCUT2D eigenvalue weighted by atomic mass is 10.2. The minimum Gasteiger partial charge on any atom is -0.337 e. The fraction of sp³-hybridized carbons (Fsp3) is 0.556. The number of nitrogens with one attached hydrogen (secondary N) is 1. The summed E-state index contributed by atoms with van der Waals surface area (Å²) in [7, 11) is 0. The van der Waals surface area contributed by atoms with E-state index in [4.69, 9.17) is 0 Å². The number of carbonyl (C=O) groups is 1. The Bertz CT molecular complexity index is 777. The van der Waals surface area contributed by atoms with E-state index in [2.05, 4.69) is 19.2 Å². The second-order valence-electron chi connectivity index (χ2n) is 6.46. The first-order valence-electron chi connectivity index (χ1n) is 8.81. The molecule has 24 heavy (non-hydrogen) atoms. The molecule has 2 heterocycles. The predicted octanol–water partition coefficient (Wildman–Crippen LogP) is 1.42. The minimum atomic E-state index is -0.0146. The van der Waals surface area contributed by atoms with Gasteiger partial charge in [0.2, 0.25) is 5.91 Å². The molecule has 3 rings (SSSR count). The Morgan fingerprint density at radius 1 is 1.21 bits per heavy atom. The monoisotopic (exact) mass is 330 g/mol. The van der Waals surface area contributed by atoms with Crippen LogP contribution < -0.4 is 11.0 Å². The van der Waals surface area contributed by atoms with Crippen LogP contribution in [0.2, 0.25) is 0 Å². The quantitative estimate of drug-likeness (QED) is 0.902. The van der Waals surface area contributed by atoms with Gasteiger partial charge in [0, 0.05) is 45.2 Å². The third kappa shape index (κ3) is 3.11. The summed E-state index contributed by atoms with van der Waals surface area (Å²) in [6, 6.07) is 8.04. The molecule has 0 aliphatic carbocycles. The lowest BCUT2D eigenvalue weighted by Gasteiger charge is -2.34. The van der Waals surface area contributed by atoms with Gasteiger partial charge in [0.25, 0.3) is 0 Å². The highest BCUT2D eigenvalue weighted by molar-refractivity contribution is 5.78. The topological polar surface area (TPSA) is 59.3 Å². The van der Waals surface area contributed by atoms with Crippen LogP contribution in [-0.4, -0.2) is 45.6 Å². The number of aryl methyl sites for hydroxylation is 2. The number of nitrogens with zero attached hydrogens (tertiary/aromatic N) is 3. The van der Waals surface area contributed by atoms with Crippen LogP contribution in [0.3, 0.4) is 0 Å². The van der Waals surface area contributed by atoms with Crippen LogP contribution >= 0.6 is 0 Å². The molecule has 0 radical (unpaired) electrons. The number of hydrogen-bond donors (Lipinski definition) is 1. The summed E-state index contributed by atoms with van der Waals surface area (Å²) in [5, 5.41) is 3.29. The molecular formula is C18H26N4O2. The molecule has 0 spiro atoms. The summed E-state index contributed by atoms with van der Waals surface area (Å²) in [6.45, 7) is 7.68. The molecule has 1 aromatic heterocycles. The van der Waals surface area contributed by atoms with Gasteiger partial charge in [-0.3, -0.25) is 13.9 Å². The Balaban J connectivity index is 1.81. The number of hydrogen-bond acceptors (Lipinski definition) is 3. The van der Waals surface area contributed by atoms with Crippen molar-refractivity contribution in [1.29, 1.82) is 0 Å². The zero-order valence-corrected chi connectivity index (χ0v) is 14.5. The van der Waals surface area contributed by atoms with Crippen molar-refractivity contribution in [3.63, 3.8) is 0 Å². The maximum absolute atomic E-state index is 12.7. The fourth-order valence-corrected chi connectivity index (χ4v) is 3.49. The van der Waals surface area contributed by atoms with E-state index in [0.29, 0.717) is 19.5 Å². The second kappa shape index (κ2) is 7.21. The summed E-state index contributed by atoms with van der Waals surface area (Å²) in [5.74, 6) is 0.128. The van der Waals surface area contributed by atoms with Gasteiger partial charge in [-0.15, -0.1) is 0 Å². The van der Waals surface area contributed by atoms with Crippen LogP contribution in [0, 0.1) is 0 Å². The number of amides is 1.